The van der Waals surface area contributed by atoms with Crippen LogP contribution in [-0.4, -0.2) is 40.9 Å². The molecule has 2 aromatic carbocycles. The standard InChI is InChI=1S/C27H27N3O7/c1-16(30-26(33)22-24(36-18(3)31)21(25(28)32)14-15-29-22)27(34)35-17(2)23(19-10-6-4-7-11-19)37-20-12-8-5-9-13-20/h4-17,23H,1-3H3,(H2,28,32)(H,30,33)/t16-,17?,23?/m0/s1. The molecule has 3 N–H and O–H groups in total. The molecule has 0 spiro atoms. The van der Waals surface area contributed by atoms with Crippen LogP contribution in [0.15, 0.2) is 72.9 Å². The molecule has 3 rings (SSSR count). The third-order valence-electron chi connectivity index (χ3n) is 5.19. The van der Waals surface area contributed by atoms with Crippen molar-refractivity contribution in [2.24, 2.45) is 5.73 Å². The van der Waals surface area contributed by atoms with Crippen molar-refractivity contribution in [2.45, 2.75) is 39.0 Å². The number of hydrogen-bond acceptors (Lipinski definition) is 8. The Balaban J connectivity index is 1.75. The monoisotopic (exact) mass is 505 g/mol. The van der Waals surface area contributed by atoms with E-state index in [1.165, 1.54) is 19.2 Å². The molecule has 10 heteroatoms. The van der Waals surface area contributed by atoms with Gasteiger partial charge in [0.25, 0.3) is 11.8 Å². The van der Waals surface area contributed by atoms with Crippen molar-refractivity contribution in [1.29, 1.82) is 0 Å². The summed E-state index contributed by atoms with van der Waals surface area (Å²) in [6.07, 6.45) is -0.194. The summed E-state index contributed by atoms with van der Waals surface area (Å²) in [5.41, 5.74) is 5.53. The maximum Gasteiger partial charge on any atom is 0.328 e. The molecule has 192 valence electrons. The first-order valence-corrected chi connectivity index (χ1v) is 11.4. The highest BCUT2D eigenvalue weighted by Gasteiger charge is 2.29. The van der Waals surface area contributed by atoms with Crippen molar-refractivity contribution in [2.75, 3.05) is 0 Å². The lowest BCUT2D eigenvalue weighted by Crippen LogP contribution is -2.42. The second-order valence-electron chi connectivity index (χ2n) is 8.09. The van der Waals surface area contributed by atoms with Gasteiger partial charge in [-0.1, -0.05) is 48.5 Å². The predicted octanol–water partition coefficient (Wildman–Crippen LogP) is 2.98. The van der Waals surface area contributed by atoms with Crippen molar-refractivity contribution in [3.63, 3.8) is 0 Å². The summed E-state index contributed by atoms with van der Waals surface area (Å²) in [7, 11) is 0. The maximum absolute atomic E-state index is 12.9. The number of ether oxygens (including phenoxy) is 3. The van der Waals surface area contributed by atoms with Crippen LogP contribution in [-0.2, 0) is 14.3 Å². The molecule has 0 radical (unpaired) electrons. The van der Waals surface area contributed by atoms with E-state index >= 15 is 0 Å². The molecule has 2 unspecified atom stereocenters. The Morgan fingerprint density at radius 1 is 0.919 bits per heavy atom. The highest BCUT2D eigenvalue weighted by molar-refractivity contribution is 6.03. The Morgan fingerprint density at radius 2 is 1.54 bits per heavy atom. The molecular formula is C27H27N3O7. The topological polar surface area (TPSA) is 147 Å². The molecule has 2 amide bonds. The number of nitrogens with two attached hydrogens (primary N) is 1. The zero-order valence-electron chi connectivity index (χ0n) is 20.5. The number of amides is 2. The molecule has 0 aliphatic carbocycles. The first-order chi connectivity index (χ1) is 17.7. The van der Waals surface area contributed by atoms with Crippen molar-refractivity contribution in [3.05, 3.63) is 89.7 Å². The third kappa shape index (κ3) is 7.14. The highest BCUT2D eigenvalue weighted by Crippen LogP contribution is 2.27. The number of primary amides is 1. The van der Waals surface area contributed by atoms with Crippen LogP contribution in [0.4, 0.5) is 0 Å². The van der Waals surface area contributed by atoms with Crippen LogP contribution in [0.2, 0.25) is 0 Å². The van der Waals surface area contributed by atoms with Gasteiger partial charge in [0.15, 0.2) is 17.5 Å². The fourth-order valence-corrected chi connectivity index (χ4v) is 3.45. The SMILES string of the molecule is CC(=O)Oc1c(C(N)=O)ccnc1C(=O)N[C@@H](C)C(=O)OC(C)C(Oc1ccccc1)c1ccccc1. The zero-order chi connectivity index (χ0) is 26.9. The van der Waals surface area contributed by atoms with E-state index in [1.807, 2.05) is 48.5 Å². The Bertz CT molecular complexity index is 1270. The Hall–Kier alpha value is -4.73. The Kier molecular flexibility index (Phi) is 8.93. The molecule has 0 fully saturated rings. The molecule has 3 aromatic rings. The smallest absolute Gasteiger partial charge is 0.328 e. The lowest BCUT2D eigenvalue weighted by Gasteiger charge is -2.27. The average Bonchev–Trinajstić information content (AvgIpc) is 2.87. The van der Waals surface area contributed by atoms with Crippen molar-refractivity contribution < 1.29 is 33.4 Å². The molecular weight excluding hydrogens is 478 g/mol. The highest BCUT2D eigenvalue weighted by atomic mass is 16.6. The molecule has 0 aliphatic rings. The van der Waals surface area contributed by atoms with Crippen LogP contribution in [0.5, 0.6) is 11.5 Å². The van der Waals surface area contributed by atoms with E-state index in [2.05, 4.69) is 10.3 Å². The fraction of sp³-hybridized carbons (Fsp3) is 0.222. The van der Waals surface area contributed by atoms with Gasteiger partial charge in [0.05, 0.1) is 5.56 Å². The minimum Gasteiger partial charge on any atom is -0.482 e. The number of hydrogen-bond donors (Lipinski definition) is 2. The fourth-order valence-electron chi connectivity index (χ4n) is 3.45. The lowest BCUT2D eigenvalue weighted by molar-refractivity contribution is -0.154. The number of rotatable bonds is 10. The first kappa shape index (κ1) is 26.9. The molecule has 3 atom stereocenters. The molecule has 0 saturated heterocycles. The summed E-state index contributed by atoms with van der Waals surface area (Å²) in [5.74, 6) is -3.10. The van der Waals surface area contributed by atoms with Crippen LogP contribution >= 0.6 is 0 Å². The lowest BCUT2D eigenvalue weighted by atomic mass is 10.0. The summed E-state index contributed by atoms with van der Waals surface area (Å²) in [6.45, 7) is 4.21. The molecule has 1 heterocycles. The molecule has 0 bridgehead atoms. The van der Waals surface area contributed by atoms with E-state index in [-0.39, 0.29) is 11.3 Å². The largest absolute Gasteiger partial charge is 0.482 e. The maximum atomic E-state index is 12.9. The molecule has 0 saturated carbocycles. The third-order valence-corrected chi connectivity index (χ3v) is 5.19. The number of aromatic nitrogens is 1. The summed E-state index contributed by atoms with van der Waals surface area (Å²) in [4.78, 5) is 52.9. The first-order valence-electron chi connectivity index (χ1n) is 11.4. The molecule has 10 nitrogen and oxygen atoms in total. The van der Waals surface area contributed by atoms with Crippen LogP contribution in [0.25, 0.3) is 0 Å². The van der Waals surface area contributed by atoms with Gasteiger partial charge in [0.1, 0.15) is 17.9 Å². The Labute approximate surface area is 213 Å². The summed E-state index contributed by atoms with van der Waals surface area (Å²) >= 11 is 0. The van der Waals surface area contributed by atoms with Gasteiger partial charge in [0.2, 0.25) is 0 Å². The van der Waals surface area contributed by atoms with Crippen molar-refractivity contribution in [3.8, 4) is 11.5 Å². The Morgan fingerprint density at radius 3 is 2.14 bits per heavy atom. The van der Waals surface area contributed by atoms with E-state index in [0.717, 1.165) is 12.5 Å². The predicted molar refractivity (Wildman–Crippen MR) is 133 cm³/mol. The number of carbonyl (C=O) groups is 4. The van der Waals surface area contributed by atoms with E-state index in [4.69, 9.17) is 19.9 Å². The summed E-state index contributed by atoms with van der Waals surface area (Å²) in [5, 5.41) is 2.45. The number of benzene rings is 2. The van der Waals surface area contributed by atoms with E-state index < -0.39 is 47.8 Å². The van der Waals surface area contributed by atoms with Gasteiger partial charge in [-0.2, -0.15) is 0 Å². The quantitative estimate of drug-likeness (QED) is 0.400. The normalized spacial score (nSPS) is 12.9. The van der Waals surface area contributed by atoms with Crippen LogP contribution in [0.3, 0.4) is 0 Å². The van der Waals surface area contributed by atoms with Gasteiger partial charge in [-0.25, -0.2) is 9.78 Å². The van der Waals surface area contributed by atoms with E-state index in [1.54, 1.807) is 19.1 Å². The summed E-state index contributed by atoms with van der Waals surface area (Å²) < 4.78 is 16.8. The zero-order valence-corrected chi connectivity index (χ0v) is 20.5. The number of esters is 2. The number of nitrogens with one attached hydrogen (secondary N) is 1. The van der Waals surface area contributed by atoms with Crippen LogP contribution < -0.4 is 20.5 Å². The number of para-hydroxylation sites is 1. The van der Waals surface area contributed by atoms with Crippen LogP contribution in [0, 0.1) is 0 Å². The van der Waals surface area contributed by atoms with Crippen molar-refractivity contribution in [1.82, 2.24) is 10.3 Å². The summed E-state index contributed by atoms with van der Waals surface area (Å²) in [6, 6.07) is 18.5. The molecule has 1 aromatic heterocycles. The molecule has 37 heavy (non-hydrogen) atoms. The van der Waals surface area contributed by atoms with Gasteiger partial charge in [0, 0.05) is 13.1 Å². The van der Waals surface area contributed by atoms with Gasteiger partial charge in [-0.15, -0.1) is 0 Å². The number of pyridine rings is 1. The van der Waals surface area contributed by atoms with Crippen LogP contribution in [0.1, 0.15) is 53.3 Å². The number of carbonyl (C=O) groups excluding carboxylic acids is 4. The second kappa shape index (κ2) is 12.3. The van der Waals surface area contributed by atoms with Gasteiger partial charge in [-0.05, 0) is 37.6 Å². The van der Waals surface area contributed by atoms with Gasteiger partial charge in [-0.3, -0.25) is 14.4 Å². The van der Waals surface area contributed by atoms with Crippen molar-refractivity contribution >= 4 is 23.8 Å². The van der Waals surface area contributed by atoms with E-state index in [9.17, 15) is 19.2 Å². The van der Waals surface area contributed by atoms with Gasteiger partial charge < -0.3 is 25.3 Å². The number of nitrogens with zero attached hydrogens (tertiary/aromatic N) is 1. The minimum atomic E-state index is -1.12. The minimum absolute atomic E-state index is 0.206. The van der Waals surface area contributed by atoms with E-state index in [0.29, 0.717) is 5.75 Å². The van der Waals surface area contributed by atoms with Gasteiger partial charge >= 0.3 is 11.9 Å². The average molecular weight is 506 g/mol. The second-order valence-corrected chi connectivity index (χ2v) is 8.09. The molecule has 0 aliphatic heterocycles.